The molecule has 2 atom stereocenters. The van der Waals surface area contributed by atoms with E-state index >= 15 is 0 Å². The summed E-state index contributed by atoms with van der Waals surface area (Å²) in [6.07, 6.45) is 0.920. The van der Waals surface area contributed by atoms with E-state index in [9.17, 15) is 9.59 Å². The van der Waals surface area contributed by atoms with E-state index in [-0.39, 0.29) is 18.2 Å². The van der Waals surface area contributed by atoms with Gasteiger partial charge in [0.05, 0.1) is 4.87 Å². The number of carbonyl (C=O) groups is 2. The SMILES string of the molecule is CC(C)(N)C(=O)OCCN1C(C)(C)CC(OC(=O)C(C)(C)N)CC1(C)S. The van der Waals surface area contributed by atoms with Gasteiger partial charge in [-0.1, -0.05) is 0 Å². The quantitative estimate of drug-likeness (QED) is 0.466. The monoisotopic (exact) mass is 389 g/mol. The molecule has 0 amide bonds. The van der Waals surface area contributed by atoms with Gasteiger partial charge in [-0.25, -0.2) is 0 Å². The average Bonchev–Trinajstić information content (AvgIpc) is 2.38. The Morgan fingerprint density at radius 3 is 2.00 bits per heavy atom. The topological polar surface area (TPSA) is 108 Å². The van der Waals surface area contributed by atoms with Crippen LogP contribution in [0.3, 0.4) is 0 Å². The van der Waals surface area contributed by atoms with Crippen molar-refractivity contribution in [2.45, 2.75) is 88.9 Å². The Bertz CT molecular complexity index is 518. The summed E-state index contributed by atoms with van der Waals surface area (Å²) in [5.74, 6) is -0.861. The molecular formula is C18H35N3O4S. The van der Waals surface area contributed by atoms with Crippen LogP contribution in [0.2, 0.25) is 0 Å². The summed E-state index contributed by atoms with van der Waals surface area (Å²) in [6.45, 7) is 13.3. The third kappa shape index (κ3) is 6.11. The molecule has 0 bridgehead atoms. The minimum atomic E-state index is -1.03. The molecule has 1 rings (SSSR count). The molecule has 0 aromatic heterocycles. The van der Waals surface area contributed by atoms with E-state index in [1.165, 1.54) is 0 Å². The minimum Gasteiger partial charge on any atom is -0.463 e. The van der Waals surface area contributed by atoms with Crippen molar-refractivity contribution in [3.05, 3.63) is 0 Å². The first-order chi connectivity index (χ1) is 11.5. The molecule has 8 heteroatoms. The van der Waals surface area contributed by atoms with Crippen LogP contribution >= 0.6 is 12.6 Å². The maximum absolute atomic E-state index is 12.1. The lowest BCUT2D eigenvalue weighted by molar-refractivity contribution is -0.164. The lowest BCUT2D eigenvalue weighted by Gasteiger charge is -2.54. The molecule has 26 heavy (non-hydrogen) atoms. The molecule has 0 saturated carbocycles. The zero-order valence-electron chi connectivity index (χ0n) is 17.1. The largest absolute Gasteiger partial charge is 0.463 e. The van der Waals surface area contributed by atoms with Gasteiger partial charge in [-0.3, -0.25) is 14.5 Å². The summed E-state index contributed by atoms with van der Waals surface area (Å²) in [5.41, 5.74) is 9.22. The fourth-order valence-electron chi connectivity index (χ4n) is 3.28. The highest BCUT2D eigenvalue weighted by Crippen LogP contribution is 2.41. The second-order valence-electron chi connectivity index (χ2n) is 9.20. The zero-order chi connectivity index (χ0) is 20.6. The van der Waals surface area contributed by atoms with Gasteiger partial charge in [0.25, 0.3) is 0 Å². The number of nitrogens with zero attached hydrogens (tertiary/aromatic N) is 1. The van der Waals surface area contributed by atoms with E-state index in [1.54, 1.807) is 27.7 Å². The van der Waals surface area contributed by atoms with Gasteiger partial charge in [0.15, 0.2) is 0 Å². The molecule has 0 aromatic rings. The molecule has 0 spiro atoms. The number of carbonyl (C=O) groups excluding carboxylic acids is 2. The predicted molar refractivity (Wildman–Crippen MR) is 105 cm³/mol. The number of rotatable bonds is 6. The Kier molecular flexibility index (Phi) is 6.83. The van der Waals surface area contributed by atoms with E-state index in [0.717, 1.165) is 0 Å². The fraction of sp³-hybridized carbons (Fsp3) is 0.889. The number of piperidine rings is 1. The third-order valence-corrected chi connectivity index (χ3v) is 4.95. The number of nitrogens with two attached hydrogens (primary N) is 2. The van der Waals surface area contributed by atoms with Gasteiger partial charge < -0.3 is 20.9 Å². The molecule has 2 unspecified atom stereocenters. The van der Waals surface area contributed by atoms with E-state index in [2.05, 4.69) is 18.7 Å². The standard InChI is InChI=1S/C18H35N3O4S/c1-15(2)10-12(25-14(23)17(5,6)20)11-18(7,26)21(15)8-9-24-13(22)16(3,4)19/h12,26H,8-11,19-20H2,1-7H3. The molecule has 0 aliphatic carbocycles. The number of thiol groups is 1. The number of likely N-dealkylation sites (tertiary alicyclic amines) is 1. The molecule has 1 heterocycles. The Labute approximate surface area is 162 Å². The first-order valence-corrected chi connectivity index (χ1v) is 9.38. The maximum atomic E-state index is 12.1. The number of hydrogen-bond donors (Lipinski definition) is 3. The Balaban J connectivity index is 2.76. The van der Waals surface area contributed by atoms with Crippen molar-refractivity contribution in [3.8, 4) is 0 Å². The van der Waals surface area contributed by atoms with Crippen LogP contribution in [0.25, 0.3) is 0 Å². The maximum Gasteiger partial charge on any atom is 0.325 e. The Morgan fingerprint density at radius 1 is 1.08 bits per heavy atom. The highest BCUT2D eigenvalue weighted by Gasteiger charge is 2.47. The molecule has 1 aliphatic rings. The van der Waals surface area contributed by atoms with Crippen molar-refractivity contribution in [3.63, 3.8) is 0 Å². The van der Waals surface area contributed by atoms with Crippen LogP contribution in [0.15, 0.2) is 0 Å². The van der Waals surface area contributed by atoms with E-state index in [0.29, 0.717) is 19.4 Å². The van der Waals surface area contributed by atoms with Gasteiger partial charge in [-0.2, -0.15) is 12.6 Å². The van der Waals surface area contributed by atoms with Crippen LogP contribution in [0.1, 0.15) is 61.3 Å². The molecule has 152 valence electrons. The summed E-state index contributed by atoms with van der Waals surface area (Å²) >= 11 is 4.80. The van der Waals surface area contributed by atoms with Crippen LogP contribution in [0.4, 0.5) is 0 Å². The first kappa shape index (κ1) is 23.2. The lowest BCUT2D eigenvalue weighted by atomic mass is 9.84. The van der Waals surface area contributed by atoms with Gasteiger partial charge in [-0.05, 0) is 48.5 Å². The van der Waals surface area contributed by atoms with Gasteiger partial charge in [0, 0.05) is 24.9 Å². The third-order valence-electron chi connectivity index (χ3n) is 4.53. The molecule has 1 aliphatic heterocycles. The summed E-state index contributed by atoms with van der Waals surface area (Å²) in [7, 11) is 0. The van der Waals surface area contributed by atoms with Gasteiger partial charge >= 0.3 is 11.9 Å². The summed E-state index contributed by atoms with van der Waals surface area (Å²) < 4.78 is 10.9. The van der Waals surface area contributed by atoms with Crippen molar-refractivity contribution in [2.24, 2.45) is 11.5 Å². The lowest BCUT2D eigenvalue weighted by Crippen LogP contribution is -2.62. The van der Waals surface area contributed by atoms with Crippen molar-refractivity contribution < 1.29 is 19.1 Å². The minimum absolute atomic E-state index is 0.222. The Hall–Kier alpha value is -0.830. The molecule has 7 nitrogen and oxygen atoms in total. The van der Waals surface area contributed by atoms with Crippen molar-refractivity contribution in [1.29, 1.82) is 0 Å². The van der Waals surface area contributed by atoms with Crippen molar-refractivity contribution in [2.75, 3.05) is 13.2 Å². The van der Waals surface area contributed by atoms with Crippen LogP contribution < -0.4 is 11.5 Å². The van der Waals surface area contributed by atoms with Crippen LogP contribution in [-0.4, -0.2) is 57.6 Å². The highest BCUT2D eigenvalue weighted by molar-refractivity contribution is 7.81. The molecule has 0 radical (unpaired) electrons. The van der Waals surface area contributed by atoms with Crippen LogP contribution in [-0.2, 0) is 19.1 Å². The van der Waals surface area contributed by atoms with Crippen molar-refractivity contribution >= 4 is 24.6 Å². The van der Waals surface area contributed by atoms with E-state index < -0.39 is 27.9 Å². The van der Waals surface area contributed by atoms with Crippen molar-refractivity contribution in [1.82, 2.24) is 4.90 Å². The predicted octanol–water partition coefficient (Wildman–Crippen LogP) is 1.44. The molecule has 1 fully saturated rings. The fourth-order valence-corrected chi connectivity index (χ4v) is 3.85. The highest BCUT2D eigenvalue weighted by atomic mass is 32.1. The summed E-state index contributed by atoms with van der Waals surface area (Å²) in [6, 6.07) is 0. The number of ether oxygens (including phenoxy) is 2. The second-order valence-corrected chi connectivity index (χ2v) is 10.2. The molecule has 0 aromatic carbocycles. The number of hydrogen-bond acceptors (Lipinski definition) is 8. The zero-order valence-corrected chi connectivity index (χ0v) is 18.0. The van der Waals surface area contributed by atoms with Gasteiger partial charge in [0.1, 0.15) is 23.8 Å². The van der Waals surface area contributed by atoms with Gasteiger partial charge in [-0.15, -0.1) is 0 Å². The number of esters is 2. The second kappa shape index (κ2) is 7.66. The van der Waals surface area contributed by atoms with E-state index in [1.807, 2.05) is 6.92 Å². The smallest absolute Gasteiger partial charge is 0.325 e. The van der Waals surface area contributed by atoms with E-state index in [4.69, 9.17) is 33.6 Å². The average molecular weight is 390 g/mol. The Morgan fingerprint density at radius 2 is 1.58 bits per heavy atom. The van der Waals surface area contributed by atoms with Crippen LogP contribution in [0, 0.1) is 0 Å². The van der Waals surface area contributed by atoms with Crippen LogP contribution in [0.5, 0.6) is 0 Å². The summed E-state index contributed by atoms with van der Waals surface area (Å²) in [5, 5.41) is 0. The molecule has 1 saturated heterocycles. The molecular weight excluding hydrogens is 354 g/mol. The molecule has 4 N–H and O–H groups in total. The normalized spacial score (nSPS) is 27.1. The first-order valence-electron chi connectivity index (χ1n) is 8.93. The van der Waals surface area contributed by atoms with Gasteiger partial charge in [0.2, 0.25) is 0 Å². The summed E-state index contributed by atoms with van der Waals surface area (Å²) in [4.78, 5) is 25.6.